The number of ether oxygens (including phenoxy) is 2. The summed E-state index contributed by atoms with van der Waals surface area (Å²) in [6, 6.07) is 22.7. The van der Waals surface area contributed by atoms with Crippen LogP contribution in [-0.4, -0.2) is 24.2 Å². The maximum absolute atomic E-state index is 12.2. The van der Waals surface area contributed by atoms with Gasteiger partial charge in [0.1, 0.15) is 18.1 Å². The molecule has 3 aromatic carbocycles. The smallest absolute Gasteiger partial charge is 0.271 e. The van der Waals surface area contributed by atoms with E-state index in [2.05, 4.69) is 15.5 Å². The van der Waals surface area contributed by atoms with Crippen LogP contribution in [-0.2, 0) is 6.61 Å². The van der Waals surface area contributed by atoms with Crippen molar-refractivity contribution in [2.75, 3.05) is 7.11 Å². The van der Waals surface area contributed by atoms with Gasteiger partial charge in [-0.05, 0) is 48.0 Å². The number of aromatic amines is 1. The largest absolute Gasteiger partial charge is 0.497 e. The molecule has 6 nitrogen and oxygen atoms in total. The van der Waals surface area contributed by atoms with Gasteiger partial charge in [-0.25, -0.2) is 5.43 Å². The Morgan fingerprint density at radius 1 is 1.03 bits per heavy atom. The summed E-state index contributed by atoms with van der Waals surface area (Å²) >= 11 is 0. The predicted molar refractivity (Wildman–Crippen MR) is 117 cm³/mol. The van der Waals surface area contributed by atoms with Gasteiger partial charge >= 0.3 is 0 Å². The van der Waals surface area contributed by atoms with Gasteiger partial charge < -0.3 is 14.5 Å². The molecule has 0 aliphatic heterocycles. The first-order chi connectivity index (χ1) is 14.7. The van der Waals surface area contributed by atoms with Crippen molar-refractivity contribution in [2.24, 2.45) is 5.10 Å². The zero-order valence-electron chi connectivity index (χ0n) is 16.5. The van der Waals surface area contributed by atoms with Crippen molar-refractivity contribution < 1.29 is 14.3 Å². The maximum atomic E-state index is 12.2. The van der Waals surface area contributed by atoms with E-state index in [-0.39, 0.29) is 5.91 Å². The summed E-state index contributed by atoms with van der Waals surface area (Å²) in [5.41, 5.74) is 5.97. The zero-order valence-corrected chi connectivity index (χ0v) is 16.5. The fraction of sp³-hybridized carbons (Fsp3) is 0.0833. The molecule has 150 valence electrons. The minimum atomic E-state index is -0.291. The van der Waals surface area contributed by atoms with Crippen LogP contribution in [0.2, 0.25) is 0 Å². The SMILES string of the molecule is COc1ccc(C(=O)N/N=C\c2c[nH]c3ccc(OCc4ccccc4)cc23)cc1. The number of benzene rings is 3. The number of amides is 1. The molecule has 1 heterocycles. The van der Waals surface area contributed by atoms with Crippen LogP contribution in [0.15, 0.2) is 84.1 Å². The van der Waals surface area contributed by atoms with Crippen molar-refractivity contribution in [3.8, 4) is 11.5 Å². The number of nitrogens with one attached hydrogen (secondary N) is 2. The molecule has 0 fully saturated rings. The minimum absolute atomic E-state index is 0.291. The number of hydrazone groups is 1. The lowest BCUT2D eigenvalue weighted by atomic mass is 10.2. The van der Waals surface area contributed by atoms with Crippen molar-refractivity contribution in [3.05, 3.63) is 95.7 Å². The van der Waals surface area contributed by atoms with Crippen LogP contribution in [0.25, 0.3) is 10.9 Å². The number of carbonyl (C=O) groups is 1. The molecular weight excluding hydrogens is 378 g/mol. The molecule has 2 N–H and O–H groups in total. The van der Waals surface area contributed by atoms with E-state index < -0.39 is 0 Å². The molecule has 0 aliphatic rings. The fourth-order valence-corrected chi connectivity index (χ4v) is 3.03. The third-order valence-electron chi connectivity index (χ3n) is 4.66. The zero-order chi connectivity index (χ0) is 20.8. The second-order valence-corrected chi connectivity index (χ2v) is 6.65. The van der Waals surface area contributed by atoms with E-state index in [0.717, 1.165) is 27.8 Å². The van der Waals surface area contributed by atoms with Crippen molar-refractivity contribution in [1.29, 1.82) is 0 Å². The predicted octanol–water partition coefficient (Wildman–Crippen LogP) is 4.52. The molecule has 0 spiro atoms. The number of hydrogen-bond acceptors (Lipinski definition) is 4. The van der Waals surface area contributed by atoms with E-state index in [4.69, 9.17) is 9.47 Å². The molecule has 0 aliphatic carbocycles. The Morgan fingerprint density at radius 3 is 2.57 bits per heavy atom. The van der Waals surface area contributed by atoms with Crippen molar-refractivity contribution in [2.45, 2.75) is 6.61 Å². The monoisotopic (exact) mass is 399 g/mol. The summed E-state index contributed by atoms with van der Waals surface area (Å²) in [5.74, 6) is 1.17. The first-order valence-corrected chi connectivity index (χ1v) is 9.48. The lowest BCUT2D eigenvalue weighted by Gasteiger charge is -2.06. The highest BCUT2D eigenvalue weighted by molar-refractivity contribution is 6.00. The third-order valence-corrected chi connectivity index (χ3v) is 4.66. The van der Waals surface area contributed by atoms with Crippen LogP contribution in [0.5, 0.6) is 11.5 Å². The molecule has 0 atom stereocenters. The van der Waals surface area contributed by atoms with Gasteiger partial charge in [0.05, 0.1) is 13.3 Å². The quantitative estimate of drug-likeness (QED) is 0.354. The maximum Gasteiger partial charge on any atom is 0.271 e. The van der Waals surface area contributed by atoms with Crippen LogP contribution < -0.4 is 14.9 Å². The average molecular weight is 399 g/mol. The Labute approximate surface area is 174 Å². The number of H-pyrrole nitrogens is 1. The minimum Gasteiger partial charge on any atom is -0.497 e. The molecule has 6 heteroatoms. The summed E-state index contributed by atoms with van der Waals surface area (Å²) in [6.07, 6.45) is 3.45. The second-order valence-electron chi connectivity index (χ2n) is 6.65. The van der Waals surface area contributed by atoms with E-state index >= 15 is 0 Å². The van der Waals surface area contributed by atoms with Gasteiger partial charge in [0.15, 0.2) is 0 Å². The molecule has 0 saturated carbocycles. The number of nitrogens with zero attached hydrogens (tertiary/aromatic N) is 1. The van der Waals surface area contributed by atoms with Crippen LogP contribution in [0, 0.1) is 0 Å². The number of fused-ring (bicyclic) bond motifs is 1. The molecule has 0 bridgehead atoms. The molecule has 1 aromatic heterocycles. The third kappa shape index (κ3) is 4.50. The molecule has 0 saturated heterocycles. The van der Waals surface area contributed by atoms with Gasteiger partial charge in [-0.1, -0.05) is 30.3 Å². The molecule has 1 amide bonds. The number of rotatable bonds is 7. The van der Waals surface area contributed by atoms with Crippen LogP contribution >= 0.6 is 0 Å². The second kappa shape index (κ2) is 8.96. The number of methoxy groups -OCH3 is 1. The van der Waals surface area contributed by atoms with E-state index in [1.807, 2.05) is 54.7 Å². The summed E-state index contributed by atoms with van der Waals surface area (Å²) in [7, 11) is 1.58. The van der Waals surface area contributed by atoms with E-state index in [9.17, 15) is 4.79 Å². The highest BCUT2D eigenvalue weighted by atomic mass is 16.5. The van der Waals surface area contributed by atoms with Crippen molar-refractivity contribution >= 4 is 23.0 Å². The van der Waals surface area contributed by atoms with Crippen LogP contribution in [0.1, 0.15) is 21.5 Å². The highest BCUT2D eigenvalue weighted by Gasteiger charge is 2.06. The molecule has 0 unspecified atom stereocenters. The van der Waals surface area contributed by atoms with Gasteiger partial charge in [-0.3, -0.25) is 4.79 Å². The number of hydrogen-bond donors (Lipinski definition) is 2. The van der Waals surface area contributed by atoms with Crippen LogP contribution in [0.4, 0.5) is 0 Å². The van der Waals surface area contributed by atoms with Gasteiger partial charge in [-0.2, -0.15) is 5.10 Å². The Bertz CT molecular complexity index is 1170. The first kappa shape index (κ1) is 19.3. The lowest BCUT2D eigenvalue weighted by Crippen LogP contribution is -2.17. The molecule has 4 rings (SSSR count). The van der Waals surface area contributed by atoms with Gasteiger partial charge in [0.2, 0.25) is 0 Å². The number of carbonyl (C=O) groups excluding carboxylic acids is 1. The van der Waals surface area contributed by atoms with E-state index in [1.165, 1.54) is 0 Å². The highest BCUT2D eigenvalue weighted by Crippen LogP contribution is 2.23. The summed E-state index contributed by atoms with van der Waals surface area (Å²) in [5, 5.41) is 5.05. The summed E-state index contributed by atoms with van der Waals surface area (Å²) in [6.45, 7) is 0.498. The standard InChI is InChI=1S/C24H21N3O3/c1-29-20-9-7-18(8-10-20)24(28)27-26-15-19-14-25-23-12-11-21(13-22(19)23)30-16-17-5-3-2-4-6-17/h2-15,25H,16H2,1H3,(H,27,28)/b26-15-. The van der Waals surface area contributed by atoms with E-state index in [1.54, 1.807) is 37.6 Å². The summed E-state index contributed by atoms with van der Waals surface area (Å²) in [4.78, 5) is 15.4. The topological polar surface area (TPSA) is 75.7 Å². The summed E-state index contributed by atoms with van der Waals surface area (Å²) < 4.78 is 11.0. The lowest BCUT2D eigenvalue weighted by molar-refractivity contribution is 0.0955. The molecule has 4 aromatic rings. The van der Waals surface area contributed by atoms with Gasteiger partial charge in [-0.15, -0.1) is 0 Å². The van der Waals surface area contributed by atoms with Crippen molar-refractivity contribution in [1.82, 2.24) is 10.4 Å². The average Bonchev–Trinajstić information content (AvgIpc) is 3.20. The molecular formula is C24H21N3O3. The Balaban J connectivity index is 1.43. The number of aromatic nitrogens is 1. The van der Waals surface area contributed by atoms with Gasteiger partial charge in [0, 0.05) is 28.2 Å². The Morgan fingerprint density at radius 2 is 1.80 bits per heavy atom. The van der Waals surface area contributed by atoms with Gasteiger partial charge in [0.25, 0.3) is 5.91 Å². The normalized spacial score (nSPS) is 11.0. The Hall–Kier alpha value is -4.06. The van der Waals surface area contributed by atoms with E-state index in [0.29, 0.717) is 17.9 Å². The van der Waals surface area contributed by atoms with Crippen molar-refractivity contribution in [3.63, 3.8) is 0 Å². The fourth-order valence-electron chi connectivity index (χ4n) is 3.03. The molecule has 0 radical (unpaired) electrons. The Kier molecular flexibility index (Phi) is 5.75. The molecule has 30 heavy (non-hydrogen) atoms. The first-order valence-electron chi connectivity index (χ1n) is 9.48. The van der Waals surface area contributed by atoms with Crippen LogP contribution in [0.3, 0.4) is 0 Å².